The van der Waals surface area contributed by atoms with Crippen molar-refractivity contribution < 1.29 is 17.9 Å². The average molecular weight is 554 g/mol. The first-order valence-corrected chi connectivity index (χ1v) is 14.0. The van der Waals surface area contributed by atoms with E-state index in [-0.39, 0.29) is 6.54 Å². The van der Waals surface area contributed by atoms with E-state index in [1.54, 1.807) is 12.4 Å². The maximum atomic E-state index is 11.0. The third kappa shape index (κ3) is 5.87. The van der Waals surface area contributed by atoms with E-state index in [0.29, 0.717) is 47.9 Å². The summed E-state index contributed by atoms with van der Waals surface area (Å²) in [6, 6.07) is 7.11. The van der Waals surface area contributed by atoms with Gasteiger partial charge in [-0.05, 0) is 51.5 Å². The fourth-order valence-electron chi connectivity index (χ4n) is 5.71. The lowest BCUT2D eigenvalue weighted by Crippen LogP contribution is -2.58. The minimum Gasteiger partial charge on any atom is -0.760 e. The molecule has 208 valence electrons. The van der Waals surface area contributed by atoms with Crippen LogP contribution in [-0.2, 0) is 24.4 Å². The number of piperazine rings is 1. The fraction of sp³-hybridized carbons (Fsp3) is 0.462. The summed E-state index contributed by atoms with van der Waals surface area (Å²) < 4.78 is 35.9. The Hall–Kier alpha value is -3.23. The van der Waals surface area contributed by atoms with Crippen molar-refractivity contribution in [2.24, 2.45) is 0 Å². The Morgan fingerprint density at radius 3 is 2.64 bits per heavy atom. The van der Waals surface area contributed by atoms with Gasteiger partial charge in [-0.3, -0.25) is 19.1 Å². The van der Waals surface area contributed by atoms with Crippen molar-refractivity contribution in [2.75, 3.05) is 20.2 Å². The number of nitrogens with one attached hydrogen (secondary N) is 2. The Morgan fingerprint density at radius 1 is 1.18 bits per heavy atom. The summed E-state index contributed by atoms with van der Waals surface area (Å²) in [6.45, 7) is 11.5. The molecule has 3 atom stereocenters. The van der Waals surface area contributed by atoms with Crippen molar-refractivity contribution in [2.45, 2.75) is 58.9 Å². The predicted octanol–water partition coefficient (Wildman–Crippen LogP) is 2.87. The molecule has 1 fully saturated rings. The lowest BCUT2D eigenvalue weighted by atomic mass is 10.0. The minimum absolute atomic E-state index is 0.0506. The lowest BCUT2D eigenvalue weighted by molar-refractivity contribution is 0.0102. The highest BCUT2D eigenvalue weighted by atomic mass is 32.2. The topological polar surface area (TPSA) is 148 Å². The summed E-state index contributed by atoms with van der Waals surface area (Å²) in [4.78, 5) is 9.28. The first-order valence-electron chi connectivity index (χ1n) is 12.9. The van der Waals surface area contributed by atoms with Crippen LogP contribution in [0, 0.1) is 0 Å². The number of nitrogens with zero attached hydrogens (tertiary/aromatic N) is 6. The molecule has 4 aromatic rings. The summed E-state index contributed by atoms with van der Waals surface area (Å²) in [7, 11) is 1.49. The van der Waals surface area contributed by atoms with E-state index in [0.717, 1.165) is 40.7 Å². The number of pyridine rings is 1. The lowest BCUT2D eigenvalue weighted by Gasteiger charge is -2.46. The minimum atomic E-state index is -2.41. The van der Waals surface area contributed by atoms with Crippen LogP contribution in [-0.4, -0.2) is 82.3 Å². The molecule has 0 radical (unpaired) electrons. The molecule has 1 unspecified atom stereocenters. The maximum absolute atomic E-state index is 11.0. The number of fused-ring (bicyclic) bond motifs is 1. The molecule has 0 spiro atoms. The van der Waals surface area contributed by atoms with E-state index in [4.69, 9.17) is 9.15 Å². The van der Waals surface area contributed by atoms with Crippen molar-refractivity contribution >= 4 is 22.2 Å². The highest BCUT2D eigenvalue weighted by Crippen LogP contribution is 2.34. The number of ether oxygens (including phenoxy) is 1. The molecule has 12 nitrogen and oxygen atoms in total. The number of aromatic nitrogens is 5. The number of methoxy groups -OCH3 is 1. The van der Waals surface area contributed by atoms with Gasteiger partial charge in [0.15, 0.2) is 0 Å². The fourth-order valence-corrected chi connectivity index (χ4v) is 5.98. The monoisotopic (exact) mass is 553 g/mol. The Balaban J connectivity index is 1.43. The SMILES string of the molecule is COc1ncc(-c2cc(-c3nnc(CN4C[C@@H](C)N(C(C)C)[C@@H](C)C4)o3)c3cn[nH]c3c2)cc1CNS(=O)[O-]. The summed E-state index contributed by atoms with van der Waals surface area (Å²) in [5, 5.41) is 16.8. The van der Waals surface area contributed by atoms with Crippen LogP contribution < -0.4 is 9.46 Å². The molecule has 2 N–H and O–H groups in total. The number of H-pyrrole nitrogens is 1. The third-order valence-electron chi connectivity index (χ3n) is 7.11. The molecule has 13 heteroatoms. The molecule has 0 bridgehead atoms. The molecular weight excluding hydrogens is 520 g/mol. The Morgan fingerprint density at radius 2 is 1.95 bits per heavy atom. The smallest absolute Gasteiger partial charge is 0.248 e. The Labute approximate surface area is 229 Å². The van der Waals surface area contributed by atoms with Gasteiger partial charge in [0.05, 0.1) is 30.9 Å². The molecule has 1 aromatic carbocycles. The van der Waals surface area contributed by atoms with E-state index in [1.165, 1.54) is 7.11 Å². The van der Waals surface area contributed by atoms with E-state index >= 15 is 0 Å². The molecule has 1 aliphatic heterocycles. The zero-order valence-electron chi connectivity index (χ0n) is 22.7. The zero-order chi connectivity index (χ0) is 27.7. The van der Waals surface area contributed by atoms with Crippen LogP contribution in [0.15, 0.2) is 35.0 Å². The molecule has 0 saturated carbocycles. The number of hydrogen-bond donors (Lipinski definition) is 2. The molecular formula is C26H33N8O4S-. The summed E-state index contributed by atoms with van der Waals surface area (Å²) in [5.41, 5.74) is 3.75. The zero-order valence-corrected chi connectivity index (χ0v) is 23.5. The standard InChI is InChI=1S/C26H34N8O4S/c1-15(2)34-16(3)12-33(13-17(34)4)14-24-31-32-26(38-24)21-7-18(8-23-22(21)11-28-30-23)19-6-20(10-29-39(35)36)25(37-5)27-9-19/h6-9,11,15-17,29H,10,12-14H2,1-5H3,(H,28,30)(H,35,36)/p-1/t16-,17+. The molecule has 39 heavy (non-hydrogen) atoms. The first-order chi connectivity index (χ1) is 18.7. The number of benzene rings is 1. The van der Waals surface area contributed by atoms with Crippen LogP contribution in [0.5, 0.6) is 5.88 Å². The van der Waals surface area contributed by atoms with Crippen LogP contribution in [0.25, 0.3) is 33.5 Å². The van der Waals surface area contributed by atoms with E-state index < -0.39 is 11.3 Å². The molecule has 0 amide bonds. The van der Waals surface area contributed by atoms with Gasteiger partial charge >= 0.3 is 0 Å². The summed E-state index contributed by atoms with van der Waals surface area (Å²) in [5.74, 6) is 1.32. The van der Waals surface area contributed by atoms with Crippen LogP contribution >= 0.6 is 0 Å². The van der Waals surface area contributed by atoms with Gasteiger partial charge in [0.1, 0.15) is 0 Å². The van der Waals surface area contributed by atoms with Gasteiger partial charge in [-0.15, -0.1) is 10.2 Å². The molecule has 3 aromatic heterocycles. The van der Waals surface area contributed by atoms with E-state index in [1.807, 2.05) is 18.2 Å². The molecule has 0 aliphatic carbocycles. The number of rotatable bonds is 9. The molecule has 1 saturated heterocycles. The van der Waals surface area contributed by atoms with Crippen LogP contribution in [0.3, 0.4) is 0 Å². The summed E-state index contributed by atoms with van der Waals surface area (Å²) >= 11 is -2.41. The van der Waals surface area contributed by atoms with Crippen LogP contribution in [0.4, 0.5) is 0 Å². The molecule has 5 rings (SSSR count). The van der Waals surface area contributed by atoms with Gasteiger partial charge in [0, 0.05) is 71.7 Å². The highest BCUT2D eigenvalue weighted by molar-refractivity contribution is 7.77. The third-order valence-corrected chi connectivity index (χ3v) is 7.49. The second-order valence-corrected chi connectivity index (χ2v) is 11.0. The van der Waals surface area contributed by atoms with Gasteiger partial charge < -0.3 is 13.7 Å². The maximum Gasteiger partial charge on any atom is 0.248 e. The van der Waals surface area contributed by atoms with Gasteiger partial charge in [-0.1, -0.05) is 0 Å². The predicted molar refractivity (Wildman–Crippen MR) is 146 cm³/mol. The van der Waals surface area contributed by atoms with Gasteiger partial charge in [-0.2, -0.15) is 5.10 Å². The van der Waals surface area contributed by atoms with Crippen LogP contribution in [0.2, 0.25) is 0 Å². The van der Waals surface area contributed by atoms with Crippen molar-refractivity contribution in [3.05, 3.63) is 42.0 Å². The second kappa shape index (κ2) is 11.5. The normalized spacial score (nSPS) is 19.7. The first kappa shape index (κ1) is 27.3. The van der Waals surface area contributed by atoms with Crippen molar-refractivity contribution in [1.82, 2.24) is 39.9 Å². The van der Waals surface area contributed by atoms with Gasteiger partial charge in [0.25, 0.3) is 0 Å². The molecule has 1 aliphatic rings. The van der Waals surface area contributed by atoms with Crippen molar-refractivity contribution in [3.8, 4) is 28.5 Å². The highest BCUT2D eigenvalue weighted by Gasteiger charge is 2.31. The van der Waals surface area contributed by atoms with Gasteiger partial charge in [0.2, 0.25) is 17.7 Å². The average Bonchev–Trinajstić information content (AvgIpc) is 3.55. The van der Waals surface area contributed by atoms with E-state index in [9.17, 15) is 8.76 Å². The largest absolute Gasteiger partial charge is 0.760 e. The van der Waals surface area contributed by atoms with Crippen molar-refractivity contribution in [3.63, 3.8) is 0 Å². The Bertz CT molecular complexity index is 1460. The molecule has 4 heterocycles. The van der Waals surface area contributed by atoms with E-state index in [2.05, 4.69) is 67.6 Å². The second-order valence-electron chi connectivity index (χ2n) is 10.2. The Kier molecular flexibility index (Phi) is 8.05. The van der Waals surface area contributed by atoms with Gasteiger partial charge in [-0.25, -0.2) is 9.71 Å². The summed E-state index contributed by atoms with van der Waals surface area (Å²) in [6.07, 6.45) is 3.41. The van der Waals surface area contributed by atoms with Crippen molar-refractivity contribution in [1.29, 1.82) is 0 Å². The number of aromatic amines is 1. The van der Waals surface area contributed by atoms with Crippen LogP contribution in [0.1, 0.15) is 39.1 Å². The number of hydrogen-bond acceptors (Lipinski definition) is 10. The quantitative estimate of drug-likeness (QED) is 0.296.